The Kier molecular flexibility index (Phi) is 6.77. The number of carbonyl (C=O) groups is 2. The molecule has 1 amide bonds. The molecule has 0 unspecified atom stereocenters. The summed E-state index contributed by atoms with van der Waals surface area (Å²) in [4.78, 5) is 26.7. The molecule has 8 nitrogen and oxygen atoms in total. The smallest absolute Gasteiger partial charge is 0.339 e. The topological polar surface area (TPSA) is 117 Å². The van der Waals surface area contributed by atoms with Gasteiger partial charge in [-0.2, -0.15) is 0 Å². The molecule has 9 heteroatoms. The molecule has 0 bridgehead atoms. The third-order valence-electron chi connectivity index (χ3n) is 3.40. The van der Waals surface area contributed by atoms with Crippen molar-refractivity contribution in [3.8, 4) is 0 Å². The van der Waals surface area contributed by atoms with Gasteiger partial charge in [0.15, 0.2) is 0 Å². The van der Waals surface area contributed by atoms with E-state index in [4.69, 9.17) is 4.74 Å². The predicted octanol–water partition coefficient (Wildman–Crippen LogP) is 0.477. The van der Waals surface area contributed by atoms with Crippen LogP contribution in [0, 0.1) is 13.8 Å². The molecule has 23 heavy (non-hydrogen) atoms. The van der Waals surface area contributed by atoms with E-state index in [0.717, 1.165) is 0 Å². The van der Waals surface area contributed by atoms with Crippen LogP contribution in [-0.2, 0) is 14.8 Å². The van der Waals surface area contributed by atoms with E-state index >= 15 is 0 Å². The summed E-state index contributed by atoms with van der Waals surface area (Å²) in [5.74, 6) is -0.820. The Balaban J connectivity index is 2.58. The summed E-state index contributed by atoms with van der Waals surface area (Å²) in [6.45, 7) is 5.48. The highest BCUT2D eigenvalue weighted by Crippen LogP contribution is 2.18. The first-order valence-corrected chi connectivity index (χ1v) is 8.91. The average molecular weight is 345 g/mol. The first-order valence-electron chi connectivity index (χ1n) is 7.26. The SMILES string of the molecule is CCS(=O)(=O)NCCCNC(=O)c1[nH]c(C)c(C(=O)OC)c1C. The Morgan fingerprint density at radius 1 is 1.22 bits per heavy atom. The number of H-pyrrole nitrogens is 1. The maximum atomic E-state index is 12.1. The number of aromatic nitrogens is 1. The molecule has 0 atom stereocenters. The molecule has 0 spiro atoms. The van der Waals surface area contributed by atoms with Crippen molar-refractivity contribution in [2.75, 3.05) is 26.0 Å². The van der Waals surface area contributed by atoms with Gasteiger partial charge in [0.2, 0.25) is 10.0 Å². The van der Waals surface area contributed by atoms with Gasteiger partial charge in [0.05, 0.1) is 18.4 Å². The van der Waals surface area contributed by atoms with E-state index in [1.54, 1.807) is 20.8 Å². The van der Waals surface area contributed by atoms with Crippen LogP contribution < -0.4 is 10.0 Å². The van der Waals surface area contributed by atoms with Crippen LogP contribution in [0.2, 0.25) is 0 Å². The van der Waals surface area contributed by atoms with Crippen LogP contribution in [0.4, 0.5) is 0 Å². The van der Waals surface area contributed by atoms with Gasteiger partial charge >= 0.3 is 5.97 Å². The van der Waals surface area contributed by atoms with E-state index in [9.17, 15) is 18.0 Å². The second-order valence-corrected chi connectivity index (χ2v) is 7.12. The number of rotatable bonds is 8. The first kappa shape index (κ1) is 19.2. The first-order chi connectivity index (χ1) is 10.7. The number of methoxy groups -OCH3 is 1. The van der Waals surface area contributed by atoms with Gasteiger partial charge in [-0.3, -0.25) is 4.79 Å². The molecule has 0 aliphatic rings. The van der Waals surface area contributed by atoms with Gasteiger partial charge in [-0.25, -0.2) is 17.9 Å². The minimum Gasteiger partial charge on any atom is -0.465 e. The van der Waals surface area contributed by atoms with Crippen molar-refractivity contribution in [3.05, 3.63) is 22.5 Å². The zero-order chi connectivity index (χ0) is 17.6. The Labute approximate surface area is 136 Å². The highest BCUT2D eigenvalue weighted by molar-refractivity contribution is 7.89. The third kappa shape index (κ3) is 5.07. The maximum Gasteiger partial charge on any atom is 0.339 e. The van der Waals surface area contributed by atoms with Gasteiger partial charge in [0, 0.05) is 18.8 Å². The highest BCUT2D eigenvalue weighted by atomic mass is 32.2. The van der Waals surface area contributed by atoms with Crippen LogP contribution in [-0.4, -0.2) is 51.2 Å². The summed E-state index contributed by atoms with van der Waals surface area (Å²) in [6, 6.07) is 0. The molecule has 1 aromatic rings. The van der Waals surface area contributed by atoms with Crippen molar-refractivity contribution >= 4 is 21.9 Å². The van der Waals surface area contributed by atoms with Gasteiger partial charge in [0.1, 0.15) is 5.69 Å². The number of hydrogen-bond acceptors (Lipinski definition) is 5. The Morgan fingerprint density at radius 2 is 1.87 bits per heavy atom. The summed E-state index contributed by atoms with van der Waals surface area (Å²) >= 11 is 0. The van der Waals surface area contributed by atoms with Gasteiger partial charge in [-0.1, -0.05) is 0 Å². The molecule has 0 aliphatic carbocycles. The average Bonchev–Trinajstić information content (AvgIpc) is 2.81. The lowest BCUT2D eigenvalue weighted by molar-refractivity contribution is 0.0599. The van der Waals surface area contributed by atoms with Crippen molar-refractivity contribution in [2.24, 2.45) is 0 Å². The minimum absolute atomic E-state index is 0.0244. The predicted molar refractivity (Wildman–Crippen MR) is 86.0 cm³/mol. The molecule has 1 heterocycles. The van der Waals surface area contributed by atoms with Gasteiger partial charge < -0.3 is 15.0 Å². The second kappa shape index (κ2) is 8.11. The van der Waals surface area contributed by atoms with E-state index in [1.165, 1.54) is 7.11 Å². The van der Waals surface area contributed by atoms with E-state index in [2.05, 4.69) is 15.0 Å². The van der Waals surface area contributed by atoms with Crippen LogP contribution in [0.5, 0.6) is 0 Å². The van der Waals surface area contributed by atoms with E-state index in [0.29, 0.717) is 35.5 Å². The van der Waals surface area contributed by atoms with Crippen molar-refractivity contribution in [2.45, 2.75) is 27.2 Å². The van der Waals surface area contributed by atoms with Crippen LogP contribution in [0.15, 0.2) is 0 Å². The fraction of sp³-hybridized carbons (Fsp3) is 0.571. The number of hydrogen-bond donors (Lipinski definition) is 3. The fourth-order valence-electron chi connectivity index (χ4n) is 2.09. The second-order valence-electron chi connectivity index (χ2n) is 5.02. The van der Waals surface area contributed by atoms with E-state index < -0.39 is 16.0 Å². The molecule has 0 saturated carbocycles. The van der Waals surface area contributed by atoms with Crippen molar-refractivity contribution in [3.63, 3.8) is 0 Å². The quantitative estimate of drug-likeness (QED) is 0.468. The lowest BCUT2D eigenvalue weighted by Crippen LogP contribution is -2.31. The fourth-order valence-corrected chi connectivity index (χ4v) is 2.75. The van der Waals surface area contributed by atoms with Crippen molar-refractivity contribution in [1.82, 2.24) is 15.0 Å². The molecular formula is C14H23N3O5S. The lowest BCUT2D eigenvalue weighted by atomic mass is 10.1. The minimum atomic E-state index is -3.21. The zero-order valence-electron chi connectivity index (χ0n) is 13.8. The summed E-state index contributed by atoms with van der Waals surface area (Å²) in [7, 11) is -1.93. The van der Waals surface area contributed by atoms with Crippen LogP contribution in [0.3, 0.4) is 0 Å². The Hall–Kier alpha value is -1.87. The van der Waals surface area contributed by atoms with Gasteiger partial charge in [0.25, 0.3) is 5.91 Å². The number of ether oxygens (including phenoxy) is 1. The Morgan fingerprint density at radius 3 is 2.43 bits per heavy atom. The molecular weight excluding hydrogens is 322 g/mol. The van der Waals surface area contributed by atoms with Gasteiger partial charge in [-0.15, -0.1) is 0 Å². The number of aromatic amines is 1. The number of amides is 1. The largest absolute Gasteiger partial charge is 0.465 e. The van der Waals surface area contributed by atoms with Crippen LogP contribution in [0.25, 0.3) is 0 Å². The monoisotopic (exact) mass is 345 g/mol. The number of aryl methyl sites for hydroxylation is 1. The summed E-state index contributed by atoms with van der Waals surface area (Å²) < 4.78 is 29.6. The molecule has 0 saturated heterocycles. The molecule has 1 aromatic heterocycles. The lowest BCUT2D eigenvalue weighted by Gasteiger charge is -2.06. The zero-order valence-corrected chi connectivity index (χ0v) is 14.6. The number of carbonyl (C=O) groups excluding carboxylic acids is 2. The molecule has 0 aromatic carbocycles. The number of nitrogens with one attached hydrogen (secondary N) is 3. The van der Waals surface area contributed by atoms with Gasteiger partial charge in [-0.05, 0) is 32.8 Å². The summed E-state index contributed by atoms with van der Waals surface area (Å²) in [5.41, 5.74) is 1.75. The number of sulfonamides is 1. The molecule has 130 valence electrons. The Bertz CT molecular complexity index is 679. The maximum absolute atomic E-state index is 12.1. The molecule has 1 rings (SSSR count). The number of esters is 1. The van der Waals surface area contributed by atoms with Crippen LogP contribution in [0.1, 0.15) is 45.4 Å². The van der Waals surface area contributed by atoms with E-state index in [-0.39, 0.29) is 18.2 Å². The highest BCUT2D eigenvalue weighted by Gasteiger charge is 2.22. The molecule has 0 radical (unpaired) electrons. The molecule has 3 N–H and O–H groups in total. The normalized spacial score (nSPS) is 11.3. The summed E-state index contributed by atoms with van der Waals surface area (Å²) in [6.07, 6.45) is 0.466. The third-order valence-corrected chi connectivity index (χ3v) is 4.80. The summed E-state index contributed by atoms with van der Waals surface area (Å²) in [5, 5.41) is 2.68. The van der Waals surface area contributed by atoms with Crippen LogP contribution >= 0.6 is 0 Å². The standard InChI is InChI=1S/C14H23N3O5S/c1-5-23(20,21)16-8-6-7-15-13(18)12-9(2)11(10(3)17-12)14(19)22-4/h16-17H,5-8H2,1-4H3,(H,15,18). The molecule has 0 fully saturated rings. The molecule has 0 aliphatic heterocycles. The van der Waals surface area contributed by atoms with Crippen molar-refractivity contribution in [1.29, 1.82) is 0 Å². The van der Waals surface area contributed by atoms with Crippen molar-refractivity contribution < 1.29 is 22.7 Å². The van der Waals surface area contributed by atoms with E-state index in [1.807, 2.05) is 0 Å².